The number of aliphatic imine (C=N–C) groups is 1. The lowest BCUT2D eigenvalue weighted by Gasteiger charge is -2.33. The second-order valence-electron chi connectivity index (χ2n) is 7.30. The van der Waals surface area contributed by atoms with Gasteiger partial charge in [0.2, 0.25) is 0 Å². The Kier molecular flexibility index (Phi) is 9.67. The van der Waals surface area contributed by atoms with Gasteiger partial charge in [0.25, 0.3) is 0 Å². The minimum absolute atomic E-state index is 0. The highest BCUT2D eigenvalue weighted by Crippen LogP contribution is 2.15. The molecule has 1 aromatic carbocycles. The van der Waals surface area contributed by atoms with Crippen LogP contribution in [-0.2, 0) is 13.0 Å². The second kappa shape index (κ2) is 11.7. The van der Waals surface area contributed by atoms with Crippen molar-refractivity contribution in [3.63, 3.8) is 0 Å². The molecule has 1 aliphatic rings. The summed E-state index contributed by atoms with van der Waals surface area (Å²) >= 11 is 1.77. The standard InChI is InChI=1S/C21H31N5S.HI/c1-16-5-4-6-18(13-16)15-26-11-8-19(9-12-26)25-21(22-3)23-10-7-20-24-14-17(2)27-20;/h4-6,13-14,19H,7-12,15H2,1-3H3,(H2,22,23,25);1H. The summed E-state index contributed by atoms with van der Waals surface area (Å²) in [4.78, 5) is 12.6. The summed E-state index contributed by atoms with van der Waals surface area (Å²) in [7, 11) is 1.84. The zero-order valence-electron chi connectivity index (χ0n) is 17.1. The fourth-order valence-corrected chi connectivity index (χ4v) is 4.28. The van der Waals surface area contributed by atoms with E-state index in [4.69, 9.17) is 0 Å². The van der Waals surface area contributed by atoms with Gasteiger partial charge in [-0.3, -0.25) is 9.89 Å². The number of hydrogen-bond donors (Lipinski definition) is 2. The third kappa shape index (κ3) is 7.33. The molecule has 2 heterocycles. The predicted molar refractivity (Wildman–Crippen MR) is 130 cm³/mol. The monoisotopic (exact) mass is 513 g/mol. The smallest absolute Gasteiger partial charge is 0.191 e. The van der Waals surface area contributed by atoms with Gasteiger partial charge in [0, 0.05) is 56.8 Å². The van der Waals surface area contributed by atoms with Crippen LogP contribution in [0.2, 0.25) is 0 Å². The summed E-state index contributed by atoms with van der Waals surface area (Å²) in [6.45, 7) is 8.42. The quantitative estimate of drug-likeness (QED) is 0.351. The largest absolute Gasteiger partial charge is 0.356 e. The molecule has 2 N–H and O–H groups in total. The zero-order chi connectivity index (χ0) is 19.1. The minimum atomic E-state index is 0. The van der Waals surface area contributed by atoms with Crippen LogP contribution in [0, 0.1) is 13.8 Å². The molecule has 0 spiro atoms. The van der Waals surface area contributed by atoms with Gasteiger partial charge < -0.3 is 10.6 Å². The first kappa shape index (κ1) is 23.1. The Bertz CT molecular complexity index is 753. The van der Waals surface area contributed by atoms with Crippen LogP contribution in [-0.4, -0.2) is 48.6 Å². The first-order valence-electron chi connectivity index (χ1n) is 9.79. The van der Waals surface area contributed by atoms with Crippen LogP contribution < -0.4 is 10.6 Å². The molecular weight excluding hydrogens is 481 g/mol. The molecule has 154 valence electrons. The van der Waals surface area contributed by atoms with E-state index in [9.17, 15) is 0 Å². The average Bonchev–Trinajstić information content (AvgIpc) is 3.07. The molecule has 1 aliphatic heterocycles. The number of aromatic nitrogens is 1. The van der Waals surface area contributed by atoms with Crippen molar-refractivity contribution in [2.75, 3.05) is 26.7 Å². The summed E-state index contributed by atoms with van der Waals surface area (Å²) < 4.78 is 0. The second-order valence-corrected chi connectivity index (χ2v) is 8.62. The summed E-state index contributed by atoms with van der Waals surface area (Å²) in [5, 5.41) is 8.19. The fraction of sp³-hybridized carbons (Fsp3) is 0.524. The maximum absolute atomic E-state index is 4.41. The molecule has 28 heavy (non-hydrogen) atoms. The molecule has 1 saturated heterocycles. The number of rotatable bonds is 6. The van der Waals surface area contributed by atoms with Gasteiger partial charge in [-0.2, -0.15) is 0 Å². The van der Waals surface area contributed by atoms with E-state index in [1.165, 1.54) is 21.0 Å². The third-order valence-electron chi connectivity index (χ3n) is 4.94. The van der Waals surface area contributed by atoms with Gasteiger partial charge in [-0.05, 0) is 32.3 Å². The van der Waals surface area contributed by atoms with E-state index in [1.807, 2.05) is 13.2 Å². The van der Waals surface area contributed by atoms with E-state index >= 15 is 0 Å². The Morgan fingerprint density at radius 1 is 1.29 bits per heavy atom. The molecular formula is C21H32IN5S. The van der Waals surface area contributed by atoms with Crippen molar-refractivity contribution < 1.29 is 0 Å². The molecule has 0 saturated carbocycles. The molecule has 5 nitrogen and oxygen atoms in total. The number of thiazole rings is 1. The topological polar surface area (TPSA) is 52.6 Å². The number of guanidine groups is 1. The molecule has 1 aromatic heterocycles. The van der Waals surface area contributed by atoms with Gasteiger partial charge in [0.05, 0.1) is 5.01 Å². The lowest BCUT2D eigenvalue weighted by molar-refractivity contribution is 0.198. The fourth-order valence-electron chi connectivity index (χ4n) is 3.50. The Morgan fingerprint density at radius 2 is 2.07 bits per heavy atom. The predicted octanol–water partition coefficient (Wildman–Crippen LogP) is 3.75. The molecule has 0 atom stereocenters. The normalized spacial score (nSPS) is 15.9. The van der Waals surface area contributed by atoms with E-state index in [1.54, 1.807) is 11.3 Å². The highest BCUT2D eigenvalue weighted by atomic mass is 127. The van der Waals surface area contributed by atoms with Crippen LogP contribution in [0.1, 0.15) is 33.9 Å². The SMILES string of the molecule is CN=C(NCCc1ncc(C)s1)NC1CCN(Cc2cccc(C)c2)CC1.I. The van der Waals surface area contributed by atoms with Crippen LogP contribution in [0.25, 0.3) is 0 Å². The first-order valence-corrected chi connectivity index (χ1v) is 10.6. The van der Waals surface area contributed by atoms with Crippen LogP contribution in [0.3, 0.4) is 0 Å². The minimum Gasteiger partial charge on any atom is -0.356 e. The van der Waals surface area contributed by atoms with Crippen LogP contribution >= 0.6 is 35.3 Å². The van der Waals surface area contributed by atoms with E-state index in [0.29, 0.717) is 6.04 Å². The average molecular weight is 513 g/mol. The third-order valence-corrected chi connectivity index (χ3v) is 5.91. The van der Waals surface area contributed by atoms with E-state index in [2.05, 4.69) is 63.6 Å². The number of likely N-dealkylation sites (tertiary alicyclic amines) is 1. The highest BCUT2D eigenvalue weighted by Gasteiger charge is 2.20. The van der Waals surface area contributed by atoms with Crippen molar-refractivity contribution in [3.8, 4) is 0 Å². The van der Waals surface area contributed by atoms with Crippen molar-refractivity contribution in [2.24, 2.45) is 4.99 Å². The number of piperidine rings is 1. The number of aryl methyl sites for hydroxylation is 2. The summed E-state index contributed by atoms with van der Waals surface area (Å²) in [5.41, 5.74) is 2.75. The maximum atomic E-state index is 4.41. The van der Waals surface area contributed by atoms with Crippen LogP contribution in [0.5, 0.6) is 0 Å². The van der Waals surface area contributed by atoms with Crippen molar-refractivity contribution in [2.45, 2.75) is 45.7 Å². The summed E-state index contributed by atoms with van der Waals surface area (Å²) in [6, 6.07) is 9.33. The summed E-state index contributed by atoms with van der Waals surface area (Å²) in [6.07, 6.45) is 5.18. The summed E-state index contributed by atoms with van der Waals surface area (Å²) in [5.74, 6) is 0.903. The Hall–Kier alpha value is -1.19. The van der Waals surface area contributed by atoms with Gasteiger partial charge in [-0.25, -0.2) is 4.98 Å². The molecule has 1 fully saturated rings. The number of halogens is 1. The molecule has 0 bridgehead atoms. The number of nitrogens with zero attached hydrogens (tertiary/aromatic N) is 3. The Balaban J connectivity index is 0.00000280. The molecule has 0 aliphatic carbocycles. The van der Waals surface area contributed by atoms with Gasteiger partial charge >= 0.3 is 0 Å². The van der Waals surface area contributed by atoms with E-state index in [0.717, 1.165) is 51.4 Å². The first-order chi connectivity index (χ1) is 13.1. The molecule has 0 amide bonds. The van der Waals surface area contributed by atoms with Gasteiger partial charge in [0.1, 0.15) is 0 Å². The molecule has 7 heteroatoms. The number of benzene rings is 1. The van der Waals surface area contributed by atoms with Crippen molar-refractivity contribution in [3.05, 3.63) is 51.5 Å². The van der Waals surface area contributed by atoms with Crippen LogP contribution in [0.15, 0.2) is 35.5 Å². The van der Waals surface area contributed by atoms with Crippen molar-refractivity contribution in [1.29, 1.82) is 0 Å². The molecule has 0 radical (unpaired) electrons. The molecule has 0 unspecified atom stereocenters. The Labute approximate surface area is 190 Å². The Morgan fingerprint density at radius 3 is 2.71 bits per heavy atom. The zero-order valence-corrected chi connectivity index (χ0v) is 20.2. The van der Waals surface area contributed by atoms with Gasteiger partial charge in [0.15, 0.2) is 5.96 Å². The van der Waals surface area contributed by atoms with Gasteiger partial charge in [-0.1, -0.05) is 29.8 Å². The highest BCUT2D eigenvalue weighted by molar-refractivity contribution is 14.0. The van der Waals surface area contributed by atoms with Gasteiger partial charge in [-0.15, -0.1) is 35.3 Å². The van der Waals surface area contributed by atoms with E-state index in [-0.39, 0.29) is 24.0 Å². The number of hydrogen-bond acceptors (Lipinski definition) is 4. The maximum Gasteiger partial charge on any atom is 0.191 e. The molecule has 2 aromatic rings. The van der Waals surface area contributed by atoms with Crippen molar-refractivity contribution >= 4 is 41.3 Å². The lowest BCUT2D eigenvalue weighted by Crippen LogP contribution is -2.48. The van der Waals surface area contributed by atoms with Crippen LogP contribution in [0.4, 0.5) is 0 Å². The lowest BCUT2D eigenvalue weighted by atomic mass is 10.0. The number of nitrogens with one attached hydrogen (secondary N) is 2. The van der Waals surface area contributed by atoms with E-state index < -0.39 is 0 Å². The van der Waals surface area contributed by atoms with Crippen molar-refractivity contribution in [1.82, 2.24) is 20.5 Å². The molecule has 3 rings (SSSR count).